The first-order valence-corrected chi connectivity index (χ1v) is 6.98. The molecule has 0 saturated carbocycles. The van der Waals surface area contributed by atoms with E-state index >= 15 is 0 Å². The number of hydrogen-bond donors (Lipinski definition) is 2. The van der Waals surface area contributed by atoms with Crippen LogP contribution in [0.15, 0.2) is 0 Å². The lowest BCUT2D eigenvalue weighted by atomic mass is 9.97. The van der Waals surface area contributed by atoms with Crippen LogP contribution in [0.5, 0.6) is 0 Å². The zero-order valence-corrected chi connectivity index (χ0v) is 11.2. The Labute approximate surface area is 105 Å². The molecule has 0 aromatic heterocycles. The van der Waals surface area contributed by atoms with Gasteiger partial charge in [-0.15, -0.1) is 0 Å². The maximum atomic E-state index is 8.65. The summed E-state index contributed by atoms with van der Waals surface area (Å²) >= 11 is 0. The Hall–Kier alpha value is -0.160. The molecule has 1 aliphatic rings. The van der Waals surface area contributed by atoms with E-state index < -0.39 is 0 Å². The molecule has 0 aromatic rings. The monoisotopic (exact) mass is 244 g/mol. The van der Waals surface area contributed by atoms with Crippen molar-refractivity contribution < 1.29 is 9.84 Å². The van der Waals surface area contributed by atoms with Gasteiger partial charge >= 0.3 is 0 Å². The fourth-order valence-corrected chi connectivity index (χ4v) is 2.40. The van der Waals surface area contributed by atoms with E-state index in [0.717, 1.165) is 25.6 Å². The van der Waals surface area contributed by atoms with Crippen LogP contribution in [0.2, 0.25) is 0 Å². The van der Waals surface area contributed by atoms with Crippen molar-refractivity contribution in [3.8, 4) is 0 Å². The SMILES string of the molecule is CCCN(CCOCCO)CC1CCNCC1. The number of nitrogens with zero attached hydrogens (tertiary/aromatic N) is 1. The van der Waals surface area contributed by atoms with Crippen LogP contribution in [0.3, 0.4) is 0 Å². The van der Waals surface area contributed by atoms with Gasteiger partial charge in [0.2, 0.25) is 0 Å². The van der Waals surface area contributed by atoms with Crippen molar-refractivity contribution in [1.29, 1.82) is 0 Å². The van der Waals surface area contributed by atoms with Gasteiger partial charge in [0.25, 0.3) is 0 Å². The third-order valence-corrected chi connectivity index (χ3v) is 3.30. The van der Waals surface area contributed by atoms with Crippen LogP contribution in [-0.2, 0) is 4.74 Å². The zero-order chi connectivity index (χ0) is 12.3. The first-order chi connectivity index (χ1) is 8.36. The van der Waals surface area contributed by atoms with Gasteiger partial charge in [-0.3, -0.25) is 0 Å². The highest BCUT2D eigenvalue weighted by molar-refractivity contribution is 4.72. The van der Waals surface area contributed by atoms with E-state index in [1.807, 2.05) is 0 Å². The van der Waals surface area contributed by atoms with E-state index in [-0.39, 0.29) is 6.61 Å². The maximum Gasteiger partial charge on any atom is 0.0698 e. The fourth-order valence-electron chi connectivity index (χ4n) is 2.40. The standard InChI is InChI=1S/C13H28N2O2/c1-2-7-15(8-10-17-11-9-16)12-13-3-5-14-6-4-13/h13-14,16H,2-12H2,1H3. The van der Waals surface area contributed by atoms with Crippen molar-refractivity contribution in [2.45, 2.75) is 26.2 Å². The minimum Gasteiger partial charge on any atom is -0.394 e. The Morgan fingerprint density at radius 3 is 2.65 bits per heavy atom. The van der Waals surface area contributed by atoms with Gasteiger partial charge in [0.05, 0.1) is 19.8 Å². The average Bonchev–Trinajstić information content (AvgIpc) is 2.36. The smallest absolute Gasteiger partial charge is 0.0698 e. The molecule has 0 aliphatic carbocycles. The molecule has 0 atom stereocenters. The predicted molar refractivity (Wildman–Crippen MR) is 70.2 cm³/mol. The van der Waals surface area contributed by atoms with Crippen molar-refractivity contribution in [3.05, 3.63) is 0 Å². The molecule has 2 N–H and O–H groups in total. The van der Waals surface area contributed by atoms with Gasteiger partial charge in [0.1, 0.15) is 0 Å². The van der Waals surface area contributed by atoms with Crippen molar-refractivity contribution in [2.75, 3.05) is 52.5 Å². The summed E-state index contributed by atoms with van der Waals surface area (Å²) < 4.78 is 5.34. The summed E-state index contributed by atoms with van der Waals surface area (Å²) in [4.78, 5) is 2.51. The Kier molecular flexibility index (Phi) is 8.61. The molecular weight excluding hydrogens is 216 g/mol. The molecule has 1 rings (SSSR count). The molecule has 0 amide bonds. The summed E-state index contributed by atoms with van der Waals surface area (Å²) in [5.41, 5.74) is 0. The molecule has 0 unspecified atom stereocenters. The van der Waals surface area contributed by atoms with E-state index in [2.05, 4.69) is 17.1 Å². The third kappa shape index (κ3) is 6.99. The highest BCUT2D eigenvalue weighted by Gasteiger charge is 2.16. The van der Waals surface area contributed by atoms with E-state index in [4.69, 9.17) is 9.84 Å². The van der Waals surface area contributed by atoms with Gasteiger partial charge in [-0.2, -0.15) is 0 Å². The molecule has 0 aromatic carbocycles. The summed E-state index contributed by atoms with van der Waals surface area (Å²) in [6.07, 6.45) is 3.81. The quantitative estimate of drug-likeness (QED) is 0.586. The van der Waals surface area contributed by atoms with Crippen LogP contribution in [0.4, 0.5) is 0 Å². The first kappa shape index (κ1) is 14.9. The van der Waals surface area contributed by atoms with Gasteiger partial charge in [-0.1, -0.05) is 6.92 Å². The van der Waals surface area contributed by atoms with Crippen molar-refractivity contribution >= 4 is 0 Å². The van der Waals surface area contributed by atoms with Gasteiger partial charge in [-0.05, 0) is 44.8 Å². The summed E-state index contributed by atoms with van der Waals surface area (Å²) in [5.74, 6) is 0.848. The predicted octanol–water partition coefficient (Wildman–Crippen LogP) is 0.707. The number of hydrogen-bond acceptors (Lipinski definition) is 4. The molecule has 1 fully saturated rings. The summed E-state index contributed by atoms with van der Waals surface area (Å²) in [5, 5.41) is 12.1. The highest BCUT2D eigenvalue weighted by Crippen LogP contribution is 2.13. The van der Waals surface area contributed by atoms with Crippen LogP contribution >= 0.6 is 0 Å². The van der Waals surface area contributed by atoms with Gasteiger partial charge in [0.15, 0.2) is 0 Å². The van der Waals surface area contributed by atoms with Crippen LogP contribution in [-0.4, -0.2) is 62.6 Å². The molecule has 4 nitrogen and oxygen atoms in total. The summed E-state index contributed by atoms with van der Waals surface area (Å²) in [7, 11) is 0. The second-order valence-corrected chi connectivity index (χ2v) is 4.83. The lowest BCUT2D eigenvalue weighted by molar-refractivity contribution is 0.0685. The third-order valence-electron chi connectivity index (χ3n) is 3.30. The molecule has 4 heteroatoms. The summed E-state index contributed by atoms with van der Waals surface area (Å²) in [6, 6.07) is 0. The van der Waals surface area contributed by atoms with E-state index in [1.54, 1.807) is 0 Å². The molecule has 1 saturated heterocycles. The molecule has 0 radical (unpaired) electrons. The lowest BCUT2D eigenvalue weighted by Gasteiger charge is -2.29. The first-order valence-electron chi connectivity index (χ1n) is 6.98. The van der Waals surface area contributed by atoms with E-state index in [9.17, 15) is 0 Å². The molecular formula is C13H28N2O2. The fraction of sp³-hybridized carbons (Fsp3) is 1.00. The van der Waals surface area contributed by atoms with E-state index in [1.165, 1.54) is 38.9 Å². The molecule has 1 aliphatic heterocycles. The number of aliphatic hydroxyl groups is 1. The Morgan fingerprint density at radius 1 is 1.24 bits per heavy atom. The number of piperidine rings is 1. The average molecular weight is 244 g/mol. The Bertz CT molecular complexity index is 173. The van der Waals surface area contributed by atoms with Crippen LogP contribution in [0, 0.1) is 5.92 Å². The molecule has 17 heavy (non-hydrogen) atoms. The Balaban J connectivity index is 2.16. The summed E-state index contributed by atoms with van der Waals surface area (Å²) in [6.45, 7) is 9.27. The lowest BCUT2D eigenvalue weighted by Crippen LogP contribution is -2.38. The molecule has 1 heterocycles. The van der Waals surface area contributed by atoms with E-state index in [0.29, 0.717) is 6.61 Å². The van der Waals surface area contributed by atoms with Crippen LogP contribution in [0.25, 0.3) is 0 Å². The molecule has 102 valence electrons. The Morgan fingerprint density at radius 2 is 2.00 bits per heavy atom. The van der Waals surface area contributed by atoms with Crippen molar-refractivity contribution in [3.63, 3.8) is 0 Å². The zero-order valence-electron chi connectivity index (χ0n) is 11.2. The van der Waals surface area contributed by atoms with Crippen molar-refractivity contribution in [1.82, 2.24) is 10.2 Å². The normalized spacial score (nSPS) is 17.8. The van der Waals surface area contributed by atoms with Crippen LogP contribution < -0.4 is 5.32 Å². The van der Waals surface area contributed by atoms with Gasteiger partial charge in [-0.25, -0.2) is 0 Å². The second-order valence-electron chi connectivity index (χ2n) is 4.83. The minimum absolute atomic E-state index is 0.127. The minimum atomic E-state index is 0.127. The highest BCUT2D eigenvalue weighted by atomic mass is 16.5. The molecule has 0 spiro atoms. The van der Waals surface area contributed by atoms with Crippen LogP contribution in [0.1, 0.15) is 26.2 Å². The molecule has 0 bridgehead atoms. The van der Waals surface area contributed by atoms with Crippen molar-refractivity contribution in [2.24, 2.45) is 5.92 Å². The number of ether oxygens (including phenoxy) is 1. The topological polar surface area (TPSA) is 44.7 Å². The number of aliphatic hydroxyl groups excluding tert-OH is 1. The number of rotatable bonds is 9. The maximum absolute atomic E-state index is 8.65. The number of nitrogens with one attached hydrogen (secondary N) is 1. The second kappa shape index (κ2) is 9.83. The van der Waals surface area contributed by atoms with Gasteiger partial charge < -0.3 is 20.1 Å². The largest absolute Gasteiger partial charge is 0.394 e. The van der Waals surface area contributed by atoms with Gasteiger partial charge in [0, 0.05) is 13.1 Å².